The summed E-state index contributed by atoms with van der Waals surface area (Å²) in [6, 6.07) is 3.81. The SMILES string of the molecule is CCNCc1ccc(OCc2nc(C)no2)cn1. The molecule has 0 atom stereocenters. The lowest BCUT2D eigenvalue weighted by atomic mass is 10.3. The molecule has 96 valence electrons. The number of ether oxygens (including phenoxy) is 1. The van der Waals surface area contributed by atoms with Crippen molar-refractivity contribution in [3.05, 3.63) is 35.7 Å². The van der Waals surface area contributed by atoms with Gasteiger partial charge in [0.05, 0.1) is 11.9 Å². The predicted octanol–water partition coefficient (Wildman–Crippen LogP) is 1.46. The fourth-order valence-electron chi connectivity index (χ4n) is 1.40. The van der Waals surface area contributed by atoms with Crippen molar-refractivity contribution in [2.24, 2.45) is 0 Å². The Morgan fingerprint density at radius 2 is 2.28 bits per heavy atom. The van der Waals surface area contributed by atoms with Crippen LogP contribution in [0.1, 0.15) is 24.3 Å². The van der Waals surface area contributed by atoms with Gasteiger partial charge in [-0.15, -0.1) is 0 Å². The highest BCUT2D eigenvalue weighted by atomic mass is 16.5. The Morgan fingerprint density at radius 1 is 1.39 bits per heavy atom. The number of nitrogens with one attached hydrogen (secondary N) is 1. The van der Waals surface area contributed by atoms with Crippen LogP contribution in [0.3, 0.4) is 0 Å². The molecule has 6 nitrogen and oxygen atoms in total. The van der Waals surface area contributed by atoms with Gasteiger partial charge in [0.2, 0.25) is 0 Å². The Kier molecular flexibility index (Phi) is 4.25. The number of aromatic nitrogens is 3. The zero-order chi connectivity index (χ0) is 12.8. The minimum atomic E-state index is 0.259. The lowest BCUT2D eigenvalue weighted by molar-refractivity contribution is 0.242. The molecule has 0 saturated heterocycles. The van der Waals surface area contributed by atoms with Crippen molar-refractivity contribution in [2.75, 3.05) is 6.54 Å². The second-order valence-electron chi connectivity index (χ2n) is 3.79. The van der Waals surface area contributed by atoms with Gasteiger partial charge in [-0.2, -0.15) is 4.98 Å². The highest BCUT2D eigenvalue weighted by Crippen LogP contribution is 2.11. The van der Waals surface area contributed by atoms with Crippen molar-refractivity contribution in [1.82, 2.24) is 20.4 Å². The zero-order valence-electron chi connectivity index (χ0n) is 10.5. The molecule has 2 rings (SSSR count). The summed E-state index contributed by atoms with van der Waals surface area (Å²) < 4.78 is 10.4. The summed E-state index contributed by atoms with van der Waals surface area (Å²) in [5.41, 5.74) is 0.984. The molecule has 0 radical (unpaired) electrons. The molecule has 2 aromatic rings. The molecule has 1 N–H and O–H groups in total. The van der Waals surface area contributed by atoms with Crippen LogP contribution in [0.4, 0.5) is 0 Å². The van der Waals surface area contributed by atoms with Crippen LogP contribution in [0.2, 0.25) is 0 Å². The van der Waals surface area contributed by atoms with Crippen molar-refractivity contribution in [3.8, 4) is 5.75 Å². The smallest absolute Gasteiger partial charge is 0.264 e. The maximum absolute atomic E-state index is 5.49. The zero-order valence-corrected chi connectivity index (χ0v) is 10.5. The van der Waals surface area contributed by atoms with Gasteiger partial charge >= 0.3 is 0 Å². The Morgan fingerprint density at radius 3 is 2.89 bits per heavy atom. The first-order chi connectivity index (χ1) is 8.78. The van der Waals surface area contributed by atoms with E-state index < -0.39 is 0 Å². The number of pyridine rings is 1. The summed E-state index contributed by atoms with van der Waals surface area (Å²) >= 11 is 0. The summed E-state index contributed by atoms with van der Waals surface area (Å²) in [7, 11) is 0. The average molecular weight is 248 g/mol. The molecular weight excluding hydrogens is 232 g/mol. The largest absolute Gasteiger partial charge is 0.482 e. The summed E-state index contributed by atoms with van der Waals surface area (Å²) in [6.45, 7) is 5.78. The molecule has 0 unspecified atom stereocenters. The van der Waals surface area contributed by atoms with Gasteiger partial charge in [-0.25, -0.2) is 0 Å². The van der Waals surface area contributed by atoms with E-state index in [2.05, 4.69) is 27.4 Å². The van der Waals surface area contributed by atoms with Crippen LogP contribution in [0.25, 0.3) is 0 Å². The molecule has 0 bridgehead atoms. The van der Waals surface area contributed by atoms with Crippen LogP contribution < -0.4 is 10.1 Å². The molecular formula is C12H16N4O2. The van der Waals surface area contributed by atoms with Crippen molar-refractivity contribution in [1.29, 1.82) is 0 Å². The van der Waals surface area contributed by atoms with E-state index in [1.54, 1.807) is 13.1 Å². The molecule has 6 heteroatoms. The second-order valence-corrected chi connectivity index (χ2v) is 3.79. The summed E-state index contributed by atoms with van der Waals surface area (Å²) in [5, 5.41) is 6.89. The van der Waals surface area contributed by atoms with E-state index in [1.165, 1.54) is 0 Å². The van der Waals surface area contributed by atoms with E-state index >= 15 is 0 Å². The van der Waals surface area contributed by atoms with Crippen LogP contribution in [0.5, 0.6) is 5.75 Å². The molecule has 18 heavy (non-hydrogen) atoms. The van der Waals surface area contributed by atoms with Crippen molar-refractivity contribution < 1.29 is 9.26 Å². The molecule has 2 aromatic heterocycles. The third-order valence-corrected chi connectivity index (χ3v) is 2.29. The highest BCUT2D eigenvalue weighted by molar-refractivity contribution is 5.19. The Bertz CT molecular complexity index is 481. The lowest BCUT2D eigenvalue weighted by Gasteiger charge is -2.04. The van der Waals surface area contributed by atoms with E-state index in [0.717, 1.165) is 18.8 Å². The van der Waals surface area contributed by atoms with Crippen molar-refractivity contribution >= 4 is 0 Å². The van der Waals surface area contributed by atoms with Crippen LogP contribution in [0, 0.1) is 6.92 Å². The molecule has 0 amide bonds. The maximum Gasteiger partial charge on any atom is 0.264 e. The average Bonchev–Trinajstić information content (AvgIpc) is 2.81. The second kappa shape index (κ2) is 6.11. The van der Waals surface area contributed by atoms with Crippen LogP contribution in [-0.2, 0) is 13.2 Å². The van der Waals surface area contributed by atoms with Gasteiger partial charge in [-0.05, 0) is 25.6 Å². The minimum absolute atomic E-state index is 0.259. The van der Waals surface area contributed by atoms with Gasteiger partial charge in [0, 0.05) is 6.54 Å². The topological polar surface area (TPSA) is 73.1 Å². The number of hydrogen-bond donors (Lipinski definition) is 1. The highest BCUT2D eigenvalue weighted by Gasteiger charge is 2.03. The van der Waals surface area contributed by atoms with Gasteiger partial charge in [0.25, 0.3) is 5.89 Å². The van der Waals surface area contributed by atoms with E-state index in [-0.39, 0.29) is 6.61 Å². The fraction of sp³-hybridized carbons (Fsp3) is 0.417. The van der Waals surface area contributed by atoms with Crippen LogP contribution in [0.15, 0.2) is 22.9 Å². The fourth-order valence-corrected chi connectivity index (χ4v) is 1.40. The van der Waals surface area contributed by atoms with E-state index in [9.17, 15) is 0 Å². The van der Waals surface area contributed by atoms with E-state index in [4.69, 9.17) is 9.26 Å². The first-order valence-corrected chi connectivity index (χ1v) is 5.85. The monoisotopic (exact) mass is 248 g/mol. The molecule has 0 saturated carbocycles. The molecule has 0 spiro atoms. The Labute approximate surface area is 105 Å². The summed E-state index contributed by atoms with van der Waals surface area (Å²) in [6.07, 6.45) is 1.69. The van der Waals surface area contributed by atoms with Crippen LogP contribution in [-0.4, -0.2) is 21.7 Å². The predicted molar refractivity (Wildman–Crippen MR) is 65.0 cm³/mol. The van der Waals surface area contributed by atoms with Gasteiger partial charge in [-0.3, -0.25) is 4.98 Å². The third kappa shape index (κ3) is 3.53. The van der Waals surface area contributed by atoms with Gasteiger partial charge in [0.1, 0.15) is 5.75 Å². The number of nitrogens with zero attached hydrogens (tertiary/aromatic N) is 3. The maximum atomic E-state index is 5.49. The molecule has 0 aliphatic rings. The molecule has 2 heterocycles. The molecule has 0 aliphatic carbocycles. The Balaban J connectivity index is 1.86. The van der Waals surface area contributed by atoms with Crippen molar-refractivity contribution in [3.63, 3.8) is 0 Å². The first-order valence-electron chi connectivity index (χ1n) is 5.85. The lowest BCUT2D eigenvalue weighted by Crippen LogP contribution is -2.12. The van der Waals surface area contributed by atoms with Crippen molar-refractivity contribution in [2.45, 2.75) is 27.0 Å². The number of aryl methyl sites for hydroxylation is 1. The third-order valence-electron chi connectivity index (χ3n) is 2.29. The number of hydrogen-bond acceptors (Lipinski definition) is 6. The number of rotatable bonds is 6. The first kappa shape index (κ1) is 12.5. The molecule has 0 fully saturated rings. The van der Waals surface area contributed by atoms with Gasteiger partial charge in [0.15, 0.2) is 12.4 Å². The minimum Gasteiger partial charge on any atom is -0.482 e. The molecule has 0 aromatic carbocycles. The van der Waals surface area contributed by atoms with Gasteiger partial charge in [-0.1, -0.05) is 12.1 Å². The van der Waals surface area contributed by atoms with E-state index in [0.29, 0.717) is 17.5 Å². The molecule has 0 aliphatic heterocycles. The standard InChI is InChI=1S/C12H16N4O2/c1-3-13-6-10-4-5-11(7-14-10)17-8-12-15-9(2)16-18-12/h4-5,7,13H,3,6,8H2,1-2H3. The quantitative estimate of drug-likeness (QED) is 0.834. The van der Waals surface area contributed by atoms with Crippen LogP contribution >= 0.6 is 0 Å². The summed E-state index contributed by atoms with van der Waals surface area (Å²) in [4.78, 5) is 8.33. The van der Waals surface area contributed by atoms with Gasteiger partial charge < -0.3 is 14.6 Å². The normalized spacial score (nSPS) is 10.6. The van der Waals surface area contributed by atoms with E-state index in [1.807, 2.05) is 12.1 Å². The summed E-state index contributed by atoms with van der Waals surface area (Å²) in [5.74, 6) is 1.75. The Hall–Kier alpha value is -1.95.